The van der Waals surface area contributed by atoms with Crippen molar-refractivity contribution in [2.75, 3.05) is 0 Å². The Hall–Kier alpha value is -0.760. The van der Waals surface area contributed by atoms with Gasteiger partial charge in [0, 0.05) is 17.5 Å². The second-order valence-corrected chi connectivity index (χ2v) is 4.30. The Kier molecular flexibility index (Phi) is 4.40. The zero-order chi connectivity index (χ0) is 11.4. The maximum Gasteiger partial charge on any atom is 0.128 e. The van der Waals surface area contributed by atoms with Crippen molar-refractivity contribution in [2.24, 2.45) is 5.92 Å². The van der Waals surface area contributed by atoms with Crippen LogP contribution in [0.2, 0.25) is 5.02 Å². The molecule has 3 heteroatoms. The van der Waals surface area contributed by atoms with Gasteiger partial charge in [0.1, 0.15) is 11.6 Å². The first-order valence-corrected chi connectivity index (χ1v) is 5.33. The van der Waals surface area contributed by atoms with Crippen molar-refractivity contribution in [3.63, 3.8) is 0 Å². The van der Waals surface area contributed by atoms with Gasteiger partial charge in [-0.25, -0.2) is 4.39 Å². The minimum atomic E-state index is -0.380. The molecule has 83 valence electrons. The zero-order valence-corrected chi connectivity index (χ0v) is 9.88. The fraction of sp³-hybridized carbons (Fsp3) is 0.417. The molecule has 0 aliphatic carbocycles. The predicted octanol–water partition coefficient (Wildman–Crippen LogP) is 4.11. The van der Waals surface area contributed by atoms with E-state index in [1.54, 1.807) is 6.07 Å². The summed E-state index contributed by atoms with van der Waals surface area (Å²) in [6.07, 6.45) is 1.99. The van der Waals surface area contributed by atoms with Crippen LogP contribution >= 0.6 is 11.6 Å². The largest absolute Gasteiger partial charge is 0.490 e. The Labute approximate surface area is 95.2 Å². The highest BCUT2D eigenvalue weighted by molar-refractivity contribution is 6.30. The lowest BCUT2D eigenvalue weighted by molar-refractivity contribution is 0.240. The van der Waals surface area contributed by atoms with Crippen molar-refractivity contribution in [1.29, 1.82) is 0 Å². The number of hydrogen-bond acceptors (Lipinski definition) is 1. The Balaban J connectivity index is 2.63. The number of ether oxygens (including phenoxy) is 1. The number of halogens is 2. The molecule has 0 amide bonds. The summed E-state index contributed by atoms with van der Waals surface area (Å²) in [4.78, 5) is 0. The third kappa shape index (κ3) is 4.52. The van der Waals surface area contributed by atoms with Gasteiger partial charge in [0.05, 0.1) is 6.10 Å². The Morgan fingerprint density at radius 1 is 1.27 bits per heavy atom. The molecule has 0 heterocycles. The predicted molar refractivity (Wildman–Crippen MR) is 60.6 cm³/mol. The van der Waals surface area contributed by atoms with E-state index in [0.717, 1.165) is 0 Å². The van der Waals surface area contributed by atoms with E-state index in [1.165, 1.54) is 12.1 Å². The molecule has 0 fully saturated rings. The molecular weight excluding hydrogens is 215 g/mol. The maximum absolute atomic E-state index is 13.0. The molecule has 1 radical (unpaired) electrons. The number of hydrogen-bond donors (Lipinski definition) is 0. The Morgan fingerprint density at radius 2 is 1.93 bits per heavy atom. The molecule has 0 aromatic heterocycles. The van der Waals surface area contributed by atoms with Crippen LogP contribution in [-0.2, 0) is 0 Å². The van der Waals surface area contributed by atoms with Crippen molar-refractivity contribution in [3.8, 4) is 5.75 Å². The van der Waals surface area contributed by atoms with E-state index in [-0.39, 0.29) is 11.9 Å². The molecular formula is C12H15ClFO. The molecule has 0 aliphatic heterocycles. The van der Waals surface area contributed by atoms with Crippen LogP contribution in [0.5, 0.6) is 5.75 Å². The van der Waals surface area contributed by atoms with E-state index in [2.05, 4.69) is 13.8 Å². The molecule has 1 nitrogen and oxygen atoms in total. The standard InChI is InChI=1S/C12H15ClFO/c1-8(2)4-9(3)15-12-6-10(13)5-11(14)7-12/h4-9H,1-3H3. The molecule has 1 unspecified atom stereocenters. The molecule has 1 aromatic carbocycles. The second kappa shape index (κ2) is 5.36. The molecule has 1 aromatic rings. The first-order chi connectivity index (χ1) is 6.97. The molecule has 0 spiro atoms. The van der Waals surface area contributed by atoms with E-state index in [4.69, 9.17) is 16.3 Å². The fourth-order valence-electron chi connectivity index (χ4n) is 1.39. The summed E-state index contributed by atoms with van der Waals surface area (Å²) in [5.41, 5.74) is 0. The van der Waals surface area contributed by atoms with Crippen molar-refractivity contribution in [1.82, 2.24) is 0 Å². The van der Waals surface area contributed by atoms with Gasteiger partial charge in [0.15, 0.2) is 0 Å². The van der Waals surface area contributed by atoms with Crippen LogP contribution in [0.4, 0.5) is 4.39 Å². The van der Waals surface area contributed by atoms with Crippen LogP contribution in [0.1, 0.15) is 20.8 Å². The molecule has 0 N–H and O–H groups in total. The molecule has 0 saturated heterocycles. The molecule has 1 atom stereocenters. The normalized spacial score (nSPS) is 12.9. The summed E-state index contributed by atoms with van der Waals surface area (Å²) in [7, 11) is 0. The molecule has 0 saturated carbocycles. The van der Waals surface area contributed by atoms with Crippen LogP contribution in [0.3, 0.4) is 0 Å². The van der Waals surface area contributed by atoms with E-state index in [0.29, 0.717) is 16.7 Å². The van der Waals surface area contributed by atoms with Gasteiger partial charge in [0.2, 0.25) is 0 Å². The van der Waals surface area contributed by atoms with Gasteiger partial charge in [0.25, 0.3) is 0 Å². The van der Waals surface area contributed by atoms with Gasteiger partial charge in [-0.15, -0.1) is 0 Å². The first-order valence-electron chi connectivity index (χ1n) is 4.95. The summed E-state index contributed by atoms with van der Waals surface area (Å²) >= 11 is 5.71. The second-order valence-electron chi connectivity index (χ2n) is 3.86. The van der Waals surface area contributed by atoms with Gasteiger partial charge in [-0.05, 0) is 25.0 Å². The summed E-state index contributed by atoms with van der Waals surface area (Å²) in [5, 5.41) is 0.349. The summed E-state index contributed by atoms with van der Waals surface area (Å²) < 4.78 is 18.5. The fourth-order valence-corrected chi connectivity index (χ4v) is 1.60. The summed E-state index contributed by atoms with van der Waals surface area (Å²) in [6, 6.07) is 4.19. The first kappa shape index (κ1) is 12.3. The third-order valence-electron chi connectivity index (χ3n) is 1.81. The maximum atomic E-state index is 13.0. The van der Waals surface area contributed by atoms with Crippen LogP contribution in [0.15, 0.2) is 18.2 Å². The van der Waals surface area contributed by atoms with Crippen molar-refractivity contribution < 1.29 is 9.13 Å². The minimum absolute atomic E-state index is 0.0529. The number of benzene rings is 1. The highest BCUT2D eigenvalue weighted by Crippen LogP contribution is 2.22. The smallest absolute Gasteiger partial charge is 0.128 e. The van der Waals surface area contributed by atoms with Crippen LogP contribution in [0, 0.1) is 18.2 Å². The lowest BCUT2D eigenvalue weighted by Gasteiger charge is -2.16. The van der Waals surface area contributed by atoms with Crippen molar-refractivity contribution in [2.45, 2.75) is 26.9 Å². The van der Waals surface area contributed by atoms with Gasteiger partial charge < -0.3 is 4.74 Å². The van der Waals surface area contributed by atoms with Crippen molar-refractivity contribution >= 4 is 11.6 Å². The van der Waals surface area contributed by atoms with Gasteiger partial charge in [-0.1, -0.05) is 25.4 Å². The van der Waals surface area contributed by atoms with E-state index < -0.39 is 0 Å². The minimum Gasteiger partial charge on any atom is -0.490 e. The monoisotopic (exact) mass is 229 g/mol. The lowest BCUT2D eigenvalue weighted by atomic mass is 10.1. The summed E-state index contributed by atoms with van der Waals surface area (Å²) in [6.45, 7) is 6.05. The van der Waals surface area contributed by atoms with Crippen LogP contribution in [-0.4, -0.2) is 6.10 Å². The van der Waals surface area contributed by atoms with Crippen molar-refractivity contribution in [3.05, 3.63) is 35.5 Å². The van der Waals surface area contributed by atoms with Crippen LogP contribution in [0.25, 0.3) is 0 Å². The quantitative estimate of drug-likeness (QED) is 0.755. The molecule has 15 heavy (non-hydrogen) atoms. The van der Waals surface area contributed by atoms with Gasteiger partial charge in [-0.2, -0.15) is 0 Å². The molecule has 1 rings (SSSR count). The van der Waals surface area contributed by atoms with Gasteiger partial charge >= 0.3 is 0 Å². The highest BCUT2D eigenvalue weighted by atomic mass is 35.5. The molecule has 0 aliphatic rings. The lowest BCUT2D eigenvalue weighted by Crippen LogP contribution is -2.15. The third-order valence-corrected chi connectivity index (χ3v) is 2.03. The number of rotatable bonds is 4. The summed E-state index contributed by atoms with van der Waals surface area (Å²) in [5.74, 6) is 0.516. The Morgan fingerprint density at radius 3 is 2.47 bits per heavy atom. The SMILES string of the molecule is CC(C)[CH]C(C)Oc1cc(F)cc(Cl)c1. The van der Waals surface area contributed by atoms with E-state index >= 15 is 0 Å². The van der Waals surface area contributed by atoms with E-state index in [1.807, 2.05) is 13.3 Å². The Bertz CT molecular complexity index is 305. The topological polar surface area (TPSA) is 9.23 Å². The average molecular weight is 230 g/mol. The molecule has 0 bridgehead atoms. The highest BCUT2D eigenvalue weighted by Gasteiger charge is 2.08. The zero-order valence-electron chi connectivity index (χ0n) is 9.13. The van der Waals surface area contributed by atoms with Gasteiger partial charge in [-0.3, -0.25) is 0 Å². The van der Waals surface area contributed by atoms with Crippen LogP contribution < -0.4 is 4.74 Å². The van der Waals surface area contributed by atoms with E-state index in [9.17, 15) is 4.39 Å². The average Bonchev–Trinajstić information content (AvgIpc) is 1.98.